The van der Waals surface area contributed by atoms with Gasteiger partial charge in [-0.1, -0.05) is 11.3 Å². The third-order valence-corrected chi connectivity index (χ3v) is 8.36. The standard InChI is InChI=1S/C27H28N8O2S/c1-16(36)31-19-4-2-18(3-5-19)26-33-34-27(38-26)22-14-29-24(11-23(22)32-20-8-9-37-15-20)25-7-6-21-10-17(12-28)13-30-35(21)25/h6-7,10-11,13-14,18-20H,2-5,8-9,15H2,1H3,(H,29,32)(H,31,36). The van der Waals surface area contributed by atoms with Crippen LogP contribution in [0.1, 0.15) is 55.5 Å². The topological polar surface area (TPSA) is 130 Å². The Morgan fingerprint density at radius 3 is 2.76 bits per heavy atom. The highest BCUT2D eigenvalue weighted by atomic mass is 32.1. The summed E-state index contributed by atoms with van der Waals surface area (Å²) in [5.74, 6) is 0.390. The molecule has 4 aromatic heterocycles. The molecule has 11 heteroatoms. The van der Waals surface area contributed by atoms with Gasteiger partial charge in [0.25, 0.3) is 0 Å². The van der Waals surface area contributed by atoms with Crippen molar-refractivity contribution in [2.45, 2.75) is 57.0 Å². The molecule has 194 valence electrons. The van der Waals surface area contributed by atoms with E-state index in [4.69, 9.17) is 9.72 Å². The van der Waals surface area contributed by atoms with Gasteiger partial charge in [-0.15, -0.1) is 10.2 Å². The number of amides is 1. The van der Waals surface area contributed by atoms with Gasteiger partial charge in [0, 0.05) is 37.4 Å². The van der Waals surface area contributed by atoms with Crippen LogP contribution in [0.2, 0.25) is 0 Å². The van der Waals surface area contributed by atoms with Gasteiger partial charge in [0.2, 0.25) is 5.91 Å². The maximum absolute atomic E-state index is 11.4. The molecule has 2 N–H and O–H groups in total. The monoisotopic (exact) mass is 528 g/mol. The first-order valence-electron chi connectivity index (χ1n) is 12.9. The molecule has 2 aliphatic rings. The van der Waals surface area contributed by atoms with Crippen LogP contribution in [0.25, 0.3) is 27.5 Å². The van der Waals surface area contributed by atoms with E-state index < -0.39 is 0 Å². The second-order valence-corrected chi connectivity index (χ2v) is 10.9. The van der Waals surface area contributed by atoms with E-state index in [1.807, 2.05) is 30.5 Å². The maximum Gasteiger partial charge on any atom is 0.217 e. The third kappa shape index (κ3) is 4.97. The van der Waals surface area contributed by atoms with E-state index in [1.54, 1.807) is 29.0 Å². The van der Waals surface area contributed by atoms with E-state index in [9.17, 15) is 10.1 Å². The van der Waals surface area contributed by atoms with E-state index in [0.717, 1.165) is 76.9 Å². The molecule has 1 amide bonds. The number of ether oxygens (including phenoxy) is 1. The van der Waals surface area contributed by atoms with Crippen LogP contribution in [-0.4, -0.2) is 56.0 Å². The molecule has 0 radical (unpaired) electrons. The predicted molar refractivity (Wildman–Crippen MR) is 144 cm³/mol. The lowest BCUT2D eigenvalue weighted by molar-refractivity contribution is -0.119. The molecule has 1 saturated heterocycles. The van der Waals surface area contributed by atoms with Crippen molar-refractivity contribution in [1.29, 1.82) is 5.26 Å². The van der Waals surface area contributed by atoms with Gasteiger partial charge in [-0.2, -0.15) is 10.4 Å². The molecular weight excluding hydrogens is 500 g/mol. The lowest BCUT2D eigenvalue weighted by Gasteiger charge is -2.27. The Morgan fingerprint density at radius 2 is 2.00 bits per heavy atom. The van der Waals surface area contributed by atoms with Gasteiger partial charge < -0.3 is 15.4 Å². The molecule has 1 saturated carbocycles. The zero-order chi connectivity index (χ0) is 26.1. The molecule has 6 rings (SSSR count). The largest absolute Gasteiger partial charge is 0.379 e. The van der Waals surface area contributed by atoms with Crippen molar-refractivity contribution in [1.82, 2.24) is 30.1 Å². The van der Waals surface area contributed by atoms with E-state index in [2.05, 4.69) is 32.0 Å². The summed E-state index contributed by atoms with van der Waals surface area (Å²) < 4.78 is 7.40. The Bertz CT molecular complexity index is 1510. The highest BCUT2D eigenvalue weighted by Gasteiger charge is 2.27. The van der Waals surface area contributed by atoms with Crippen LogP contribution in [0.15, 0.2) is 36.7 Å². The fraction of sp³-hybridized carbons (Fsp3) is 0.407. The lowest BCUT2D eigenvalue weighted by Crippen LogP contribution is -2.35. The molecule has 2 fully saturated rings. The SMILES string of the molecule is CC(=O)NC1CCC(c2nnc(-c3cnc(-c4ccc5cc(C#N)cnn45)cc3NC3CCOC3)s2)CC1. The number of pyridine rings is 1. The summed E-state index contributed by atoms with van der Waals surface area (Å²) in [4.78, 5) is 16.2. The number of hydrogen-bond acceptors (Lipinski definition) is 9. The number of carbonyl (C=O) groups excluding carboxylic acids is 1. The zero-order valence-corrected chi connectivity index (χ0v) is 21.9. The Hall–Kier alpha value is -3.88. The van der Waals surface area contributed by atoms with Gasteiger partial charge in [0.1, 0.15) is 11.1 Å². The van der Waals surface area contributed by atoms with Crippen molar-refractivity contribution in [2.24, 2.45) is 0 Å². The average molecular weight is 529 g/mol. The minimum absolute atomic E-state index is 0.0335. The molecule has 4 aromatic rings. The molecule has 38 heavy (non-hydrogen) atoms. The van der Waals surface area contributed by atoms with E-state index in [-0.39, 0.29) is 18.0 Å². The highest BCUT2D eigenvalue weighted by molar-refractivity contribution is 7.14. The first-order chi connectivity index (χ1) is 18.6. The molecule has 5 heterocycles. The van der Waals surface area contributed by atoms with Crippen LogP contribution in [0.5, 0.6) is 0 Å². The lowest BCUT2D eigenvalue weighted by atomic mass is 9.86. The average Bonchev–Trinajstić information content (AvgIpc) is 3.70. The smallest absolute Gasteiger partial charge is 0.217 e. The van der Waals surface area contributed by atoms with Gasteiger partial charge in [-0.3, -0.25) is 9.78 Å². The minimum Gasteiger partial charge on any atom is -0.379 e. The fourth-order valence-electron chi connectivity index (χ4n) is 5.29. The van der Waals surface area contributed by atoms with Crippen molar-refractivity contribution < 1.29 is 9.53 Å². The first-order valence-corrected chi connectivity index (χ1v) is 13.7. The molecular formula is C27H28N8O2S. The van der Waals surface area contributed by atoms with E-state index >= 15 is 0 Å². The quantitative estimate of drug-likeness (QED) is 0.382. The summed E-state index contributed by atoms with van der Waals surface area (Å²) in [7, 11) is 0. The van der Waals surface area contributed by atoms with Gasteiger partial charge in [0.05, 0.1) is 46.9 Å². The highest BCUT2D eigenvalue weighted by Crippen LogP contribution is 2.39. The van der Waals surface area contributed by atoms with Crippen LogP contribution in [0.3, 0.4) is 0 Å². The molecule has 1 aliphatic heterocycles. The van der Waals surface area contributed by atoms with Crippen LogP contribution >= 0.6 is 11.3 Å². The normalized spacial score (nSPS) is 21.3. The summed E-state index contributed by atoms with van der Waals surface area (Å²) in [6, 6.07) is 10.4. The summed E-state index contributed by atoms with van der Waals surface area (Å²) in [6.45, 7) is 2.97. The Balaban J connectivity index is 1.29. The van der Waals surface area contributed by atoms with Crippen molar-refractivity contribution in [3.8, 4) is 28.0 Å². The summed E-state index contributed by atoms with van der Waals surface area (Å²) >= 11 is 1.62. The van der Waals surface area contributed by atoms with Crippen molar-refractivity contribution in [3.05, 3.63) is 47.2 Å². The predicted octanol–water partition coefficient (Wildman–Crippen LogP) is 4.15. The van der Waals surface area contributed by atoms with Crippen LogP contribution in [0, 0.1) is 11.3 Å². The molecule has 1 atom stereocenters. The minimum atomic E-state index is 0.0335. The molecule has 1 aliphatic carbocycles. The number of rotatable bonds is 6. The Labute approximate surface area is 224 Å². The maximum atomic E-state index is 11.4. The van der Waals surface area contributed by atoms with Crippen LogP contribution in [-0.2, 0) is 9.53 Å². The number of nitrogens with zero attached hydrogens (tertiary/aromatic N) is 6. The second-order valence-electron chi connectivity index (χ2n) is 9.93. The van der Waals surface area contributed by atoms with E-state index in [1.165, 1.54) is 0 Å². The number of nitrogens with one attached hydrogen (secondary N) is 2. The van der Waals surface area contributed by atoms with Gasteiger partial charge >= 0.3 is 0 Å². The van der Waals surface area contributed by atoms with Gasteiger partial charge in [-0.05, 0) is 56.4 Å². The summed E-state index contributed by atoms with van der Waals surface area (Å²) in [6.07, 6.45) is 8.24. The number of nitriles is 1. The number of carbonyl (C=O) groups is 1. The second kappa shape index (κ2) is 10.5. The summed E-state index contributed by atoms with van der Waals surface area (Å²) in [5, 5.41) is 31.3. The molecule has 10 nitrogen and oxygen atoms in total. The molecule has 0 bridgehead atoms. The fourth-order valence-corrected chi connectivity index (χ4v) is 6.32. The molecule has 1 unspecified atom stereocenters. The first kappa shape index (κ1) is 24.5. The van der Waals surface area contributed by atoms with Gasteiger partial charge in [0.15, 0.2) is 5.01 Å². The number of aromatic nitrogens is 5. The van der Waals surface area contributed by atoms with Crippen molar-refractivity contribution >= 4 is 28.4 Å². The summed E-state index contributed by atoms with van der Waals surface area (Å²) in [5.41, 5.74) is 4.82. The van der Waals surface area contributed by atoms with Crippen LogP contribution in [0.4, 0.5) is 5.69 Å². The zero-order valence-electron chi connectivity index (χ0n) is 21.1. The Kier molecular flexibility index (Phi) is 6.74. The van der Waals surface area contributed by atoms with Gasteiger partial charge in [-0.25, -0.2) is 4.52 Å². The molecule has 0 aromatic carbocycles. The molecule has 0 spiro atoms. The Morgan fingerprint density at radius 1 is 1.13 bits per heavy atom. The van der Waals surface area contributed by atoms with E-state index in [0.29, 0.717) is 18.1 Å². The van der Waals surface area contributed by atoms with Crippen molar-refractivity contribution in [2.75, 3.05) is 18.5 Å². The number of anilines is 1. The van der Waals surface area contributed by atoms with Crippen molar-refractivity contribution in [3.63, 3.8) is 0 Å². The third-order valence-electron chi connectivity index (χ3n) is 7.24. The number of fused-ring (bicyclic) bond motifs is 1. The number of hydrogen-bond donors (Lipinski definition) is 2. The van der Waals surface area contributed by atoms with Crippen LogP contribution < -0.4 is 10.6 Å².